The molecule has 2 N–H and O–H groups in total. The third-order valence-electron chi connectivity index (χ3n) is 2.94. The van der Waals surface area contributed by atoms with Crippen molar-refractivity contribution in [2.45, 2.75) is 13.3 Å². The largest absolute Gasteiger partial charge is 0.384 e. The number of hydrogen-bond donors (Lipinski definition) is 2. The van der Waals surface area contributed by atoms with E-state index in [1.54, 1.807) is 0 Å². The molecule has 4 heteroatoms. The van der Waals surface area contributed by atoms with E-state index < -0.39 is 0 Å². The molecular weight excluding hydrogens is 316 g/mol. The molecule has 0 bridgehead atoms. The third-order valence-corrected chi connectivity index (χ3v) is 3.47. The zero-order chi connectivity index (χ0) is 14.4. The maximum atomic E-state index is 11.8. The minimum Gasteiger partial charge on any atom is -0.384 e. The predicted molar refractivity (Wildman–Crippen MR) is 87.1 cm³/mol. The number of hydrogen-bond acceptors (Lipinski definition) is 2. The number of anilines is 2. The highest BCUT2D eigenvalue weighted by Gasteiger charge is 2.03. The van der Waals surface area contributed by atoms with E-state index in [0.717, 1.165) is 15.8 Å². The molecule has 20 heavy (non-hydrogen) atoms. The van der Waals surface area contributed by atoms with Crippen LogP contribution in [0.15, 0.2) is 53.0 Å². The van der Waals surface area contributed by atoms with Crippen molar-refractivity contribution in [1.82, 2.24) is 0 Å². The molecule has 0 aliphatic carbocycles. The molecule has 0 unspecified atom stereocenters. The lowest BCUT2D eigenvalue weighted by atomic mass is 10.2. The summed E-state index contributed by atoms with van der Waals surface area (Å²) in [5.74, 6) is 0.00778. The molecule has 2 rings (SSSR count). The van der Waals surface area contributed by atoms with Gasteiger partial charge < -0.3 is 10.6 Å². The van der Waals surface area contributed by atoms with E-state index in [1.165, 1.54) is 5.56 Å². The standard InChI is InChI=1S/C16H17BrN2O/c1-12-4-2-3-5-15(12)18-11-10-16(20)19-14-8-6-13(17)7-9-14/h2-9,18H,10-11H2,1H3,(H,19,20). The van der Waals surface area contributed by atoms with Crippen LogP contribution in [0.1, 0.15) is 12.0 Å². The Labute approximate surface area is 127 Å². The lowest BCUT2D eigenvalue weighted by Gasteiger charge is -2.09. The van der Waals surface area contributed by atoms with Crippen molar-refractivity contribution in [3.8, 4) is 0 Å². The van der Waals surface area contributed by atoms with Crippen LogP contribution in [0, 0.1) is 6.92 Å². The van der Waals surface area contributed by atoms with Gasteiger partial charge in [0.05, 0.1) is 0 Å². The van der Waals surface area contributed by atoms with Gasteiger partial charge >= 0.3 is 0 Å². The lowest BCUT2D eigenvalue weighted by molar-refractivity contribution is -0.115. The zero-order valence-corrected chi connectivity index (χ0v) is 12.9. The van der Waals surface area contributed by atoms with Crippen LogP contribution >= 0.6 is 15.9 Å². The molecule has 0 fully saturated rings. The Morgan fingerprint density at radius 3 is 2.50 bits per heavy atom. The van der Waals surface area contributed by atoms with Crippen molar-refractivity contribution in [2.24, 2.45) is 0 Å². The molecule has 0 aliphatic rings. The monoisotopic (exact) mass is 332 g/mol. The van der Waals surface area contributed by atoms with E-state index in [4.69, 9.17) is 0 Å². The number of nitrogens with one attached hydrogen (secondary N) is 2. The molecule has 2 aromatic carbocycles. The summed E-state index contributed by atoms with van der Waals surface area (Å²) in [4.78, 5) is 11.8. The normalized spacial score (nSPS) is 10.1. The second kappa shape index (κ2) is 7.10. The Kier molecular flexibility index (Phi) is 5.18. The first-order valence-corrected chi connectivity index (χ1v) is 7.29. The maximum absolute atomic E-state index is 11.8. The highest BCUT2D eigenvalue weighted by molar-refractivity contribution is 9.10. The number of halogens is 1. The first-order valence-electron chi connectivity index (χ1n) is 6.50. The SMILES string of the molecule is Cc1ccccc1NCCC(=O)Nc1ccc(Br)cc1. The van der Waals surface area contributed by atoms with E-state index in [9.17, 15) is 4.79 Å². The molecule has 2 aromatic rings. The van der Waals surface area contributed by atoms with Crippen molar-refractivity contribution in [3.05, 3.63) is 58.6 Å². The van der Waals surface area contributed by atoms with Gasteiger partial charge in [-0.15, -0.1) is 0 Å². The smallest absolute Gasteiger partial charge is 0.226 e. The highest BCUT2D eigenvalue weighted by atomic mass is 79.9. The van der Waals surface area contributed by atoms with E-state index in [2.05, 4.69) is 26.6 Å². The van der Waals surface area contributed by atoms with Gasteiger partial charge in [0.25, 0.3) is 0 Å². The summed E-state index contributed by atoms with van der Waals surface area (Å²) in [5.41, 5.74) is 3.07. The van der Waals surface area contributed by atoms with Gasteiger partial charge in [-0.3, -0.25) is 4.79 Å². The van der Waals surface area contributed by atoms with Crippen LogP contribution in [0.2, 0.25) is 0 Å². The number of aryl methyl sites for hydroxylation is 1. The number of carbonyl (C=O) groups excluding carboxylic acids is 1. The minimum absolute atomic E-state index is 0.00778. The predicted octanol–water partition coefficient (Wildman–Crippen LogP) is 4.20. The number of carbonyl (C=O) groups is 1. The third kappa shape index (κ3) is 4.38. The Morgan fingerprint density at radius 2 is 1.80 bits per heavy atom. The Balaban J connectivity index is 1.78. The van der Waals surface area contributed by atoms with Crippen LogP contribution < -0.4 is 10.6 Å². The second-order valence-corrected chi connectivity index (χ2v) is 5.46. The van der Waals surface area contributed by atoms with Gasteiger partial charge in [-0.1, -0.05) is 34.1 Å². The molecule has 0 radical (unpaired) electrons. The van der Waals surface area contributed by atoms with E-state index in [1.807, 2.05) is 55.5 Å². The van der Waals surface area contributed by atoms with Gasteiger partial charge in [0.15, 0.2) is 0 Å². The summed E-state index contributed by atoms with van der Waals surface area (Å²) in [5, 5.41) is 6.14. The van der Waals surface area contributed by atoms with E-state index in [0.29, 0.717) is 13.0 Å². The fourth-order valence-corrected chi connectivity index (χ4v) is 2.10. The number of amides is 1. The Hall–Kier alpha value is -1.81. The minimum atomic E-state index is 0.00778. The molecule has 0 atom stereocenters. The molecule has 1 amide bonds. The van der Waals surface area contributed by atoms with Crippen molar-refractivity contribution in [2.75, 3.05) is 17.2 Å². The van der Waals surface area contributed by atoms with Gasteiger partial charge in [-0.2, -0.15) is 0 Å². The fraction of sp³-hybridized carbons (Fsp3) is 0.188. The molecule has 0 saturated carbocycles. The quantitative estimate of drug-likeness (QED) is 0.861. The summed E-state index contributed by atoms with van der Waals surface area (Å²) >= 11 is 3.36. The van der Waals surface area contributed by atoms with Gasteiger partial charge in [-0.05, 0) is 42.8 Å². The van der Waals surface area contributed by atoms with Crippen LogP contribution in [0.3, 0.4) is 0 Å². The lowest BCUT2D eigenvalue weighted by Crippen LogP contribution is -2.16. The van der Waals surface area contributed by atoms with Crippen LogP contribution in [-0.4, -0.2) is 12.5 Å². The maximum Gasteiger partial charge on any atom is 0.226 e. The van der Waals surface area contributed by atoms with Crippen molar-refractivity contribution < 1.29 is 4.79 Å². The molecule has 0 heterocycles. The van der Waals surface area contributed by atoms with Crippen LogP contribution in [0.25, 0.3) is 0 Å². The number of benzene rings is 2. The molecule has 0 saturated heterocycles. The first kappa shape index (κ1) is 14.6. The molecule has 0 aromatic heterocycles. The van der Waals surface area contributed by atoms with Gasteiger partial charge in [0.1, 0.15) is 0 Å². The molecule has 0 spiro atoms. The summed E-state index contributed by atoms with van der Waals surface area (Å²) in [7, 11) is 0. The van der Waals surface area contributed by atoms with Crippen molar-refractivity contribution in [1.29, 1.82) is 0 Å². The highest BCUT2D eigenvalue weighted by Crippen LogP contribution is 2.15. The molecule has 3 nitrogen and oxygen atoms in total. The molecule has 104 valence electrons. The van der Waals surface area contributed by atoms with Gasteiger partial charge in [0, 0.05) is 28.8 Å². The summed E-state index contributed by atoms with van der Waals surface area (Å²) in [6.45, 7) is 2.66. The van der Waals surface area contributed by atoms with E-state index in [-0.39, 0.29) is 5.91 Å². The van der Waals surface area contributed by atoms with E-state index >= 15 is 0 Å². The van der Waals surface area contributed by atoms with Crippen LogP contribution in [-0.2, 0) is 4.79 Å². The zero-order valence-electron chi connectivity index (χ0n) is 11.3. The molecule has 0 aliphatic heterocycles. The summed E-state index contributed by atoms with van der Waals surface area (Å²) in [6.07, 6.45) is 0.435. The Bertz CT molecular complexity index is 581. The topological polar surface area (TPSA) is 41.1 Å². The summed E-state index contributed by atoms with van der Waals surface area (Å²) < 4.78 is 0.997. The fourth-order valence-electron chi connectivity index (χ4n) is 1.84. The second-order valence-electron chi connectivity index (χ2n) is 4.55. The average Bonchev–Trinajstić information content (AvgIpc) is 2.43. The first-order chi connectivity index (χ1) is 9.65. The van der Waals surface area contributed by atoms with Crippen LogP contribution in [0.5, 0.6) is 0 Å². The summed E-state index contributed by atoms with van der Waals surface area (Å²) in [6, 6.07) is 15.6. The molecular formula is C16H17BrN2O. The number of rotatable bonds is 5. The Morgan fingerprint density at radius 1 is 1.10 bits per heavy atom. The van der Waals surface area contributed by atoms with Gasteiger partial charge in [-0.25, -0.2) is 0 Å². The number of para-hydroxylation sites is 1. The van der Waals surface area contributed by atoms with Gasteiger partial charge in [0.2, 0.25) is 5.91 Å². The average molecular weight is 333 g/mol. The van der Waals surface area contributed by atoms with Crippen molar-refractivity contribution >= 4 is 33.2 Å². The van der Waals surface area contributed by atoms with Crippen LogP contribution in [0.4, 0.5) is 11.4 Å². The van der Waals surface area contributed by atoms with Crippen molar-refractivity contribution in [3.63, 3.8) is 0 Å².